The number of pyridine rings is 1. The van der Waals surface area contributed by atoms with Crippen molar-refractivity contribution in [2.24, 2.45) is 0 Å². The number of H-pyrrole nitrogens is 1. The summed E-state index contributed by atoms with van der Waals surface area (Å²) < 4.78 is 6.82. The van der Waals surface area contributed by atoms with E-state index < -0.39 is 18.1 Å². The molecule has 130 valence electrons. The highest BCUT2D eigenvalue weighted by molar-refractivity contribution is 6.09. The number of fused-ring (bicyclic) bond motifs is 1. The van der Waals surface area contributed by atoms with Gasteiger partial charge in [0.1, 0.15) is 5.56 Å². The van der Waals surface area contributed by atoms with Gasteiger partial charge >= 0.3 is 5.97 Å². The molecule has 1 N–H and O–H groups in total. The van der Waals surface area contributed by atoms with Gasteiger partial charge in [0.2, 0.25) is 5.78 Å². The van der Waals surface area contributed by atoms with Gasteiger partial charge in [-0.3, -0.25) is 9.59 Å². The second-order valence-electron chi connectivity index (χ2n) is 5.57. The Balaban J connectivity index is 1.80. The zero-order valence-electron chi connectivity index (χ0n) is 13.8. The first-order chi connectivity index (χ1) is 12.6. The number of nitriles is 1. The van der Waals surface area contributed by atoms with Gasteiger partial charge < -0.3 is 14.3 Å². The molecule has 0 unspecified atom stereocenters. The molecule has 1 aromatic carbocycles. The molecule has 0 bridgehead atoms. The molecular formula is C19H15N3O4. The van der Waals surface area contributed by atoms with Gasteiger partial charge in [0.15, 0.2) is 6.61 Å². The topological polar surface area (TPSA) is 105 Å². The third-order valence-corrected chi connectivity index (χ3v) is 3.93. The molecule has 0 saturated heterocycles. The van der Waals surface area contributed by atoms with Crippen molar-refractivity contribution in [2.45, 2.75) is 13.0 Å². The molecule has 3 aromatic rings. The molecule has 3 rings (SSSR count). The van der Waals surface area contributed by atoms with Crippen LogP contribution in [0, 0.1) is 11.3 Å². The molecule has 0 spiro atoms. The number of aromatic amines is 1. The number of esters is 1. The number of aryl methyl sites for hydroxylation is 1. The number of ketones is 1. The van der Waals surface area contributed by atoms with Gasteiger partial charge in [0.05, 0.1) is 12.5 Å². The van der Waals surface area contributed by atoms with Gasteiger partial charge in [0.25, 0.3) is 5.56 Å². The molecule has 26 heavy (non-hydrogen) atoms. The number of aromatic nitrogens is 2. The molecule has 0 aliphatic rings. The Labute approximate surface area is 148 Å². The normalized spacial score (nSPS) is 10.4. The summed E-state index contributed by atoms with van der Waals surface area (Å²) in [5.41, 5.74) is 0.514. The third kappa shape index (κ3) is 3.39. The Morgan fingerprint density at radius 1 is 1.15 bits per heavy atom. The monoisotopic (exact) mass is 349 g/mol. The Bertz CT molecular complexity index is 1070. The van der Waals surface area contributed by atoms with Crippen molar-refractivity contribution < 1.29 is 14.3 Å². The van der Waals surface area contributed by atoms with Crippen LogP contribution >= 0.6 is 0 Å². The lowest BCUT2D eigenvalue weighted by Crippen LogP contribution is -2.21. The first kappa shape index (κ1) is 17.2. The summed E-state index contributed by atoms with van der Waals surface area (Å²) in [6, 6.07) is 12.2. The van der Waals surface area contributed by atoms with Gasteiger partial charge in [-0.15, -0.1) is 0 Å². The Hall–Kier alpha value is -3.66. The lowest BCUT2D eigenvalue weighted by molar-refractivity contribution is 0.0473. The van der Waals surface area contributed by atoms with E-state index in [9.17, 15) is 14.4 Å². The van der Waals surface area contributed by atoms with E-state index in [1.165, 1.54) is 18.3 Å². The summed E-state index contributed by atoms with van der Waals surface area (Å²) in [6.07, 6.45) is 3.38. The van der Waals surface area contributed by atoms with Crippen LogP contribution in [0.1, 0.15) is 27.1 Å². The average Bonchev–Trinajstić information content (AvgIpc) is 3.03. The SMILES string of the molecule is N#CCCn1cc(C(=O)COC(=O)c2ccc[nH]c2=O)c2ccccc21. The Morgan fingerprint density at radius 3 is 2.73 bits per heavy atom. The predicted octanol–water partition coefficient (Wildman–Crippen LogP) is 2.28. The highest BCUT2D eigenvalue weighted by atomic mass is 16.5. The molecule has 2 heterocycles. The smallest absolute Gasteiger partial charge is 0.344 e. The van der Waals surface area contributed by atoms with Crippen molar-refractivity contribution >= 4 is 22.7 Å². The van der Waals surface area contributed by atoms with Crippen LogP contribution in [0.25, 0.3) is 10.9 Å². The third-order valence-electron chi connectivity index (χ3n) is 3.93. The molecule has 7 heteroatoms. The molecule has 0 atom stereocenters. The zero-order chi connectivity index (χ0) is 18.5. The van der Waals surface area contributed by atoms with E-state index in [-0.39, 0.29) is 11.3 Å². The molecule has 0 radical (unpaired) electrons. The quantitative estimate of drug-likeness (QED) is 0.543. The number of Topliss-reactive ketones (excluding diaryl/α,β-unsaturated/α-hetero) is 1. The van der Waals surface area contributed by atoms with E-state index in [0.717, 1.165) is 10.9 Å². The van der Waals surface area contributed by atoms with Gasteiger partial charge in [0, 0.05) is 35.4 Å². The summed E-state index contributed by atoms with van der Waals surface area (Å²) in [4.78, 5) is 38.5. The minimum Gasteiger partial charge on any atom is -0.454 e. The van der Waals surface area contributed by atoms with Gasteiger partial charge in [-0.25, -0.2) is 4.79 Å². The van der Waals surface area contributed by atoms with E-state index in [2.05, 4.69) is 11.1 Å². The molecule has 0 aliphatic heterocycles. The summed E-state index contributed by atoms with van der Waals surface area (Å²) in [6.45, 7) is -0.0110. The number of nitrogens with one attached hydrogen (secondary N) is 1. The highest BCUT2D eigenvalue weighted by Crippen LogP contribution is 2.22. The molecule has 0 fully saturated rings. The fraction of sp³-hybridized carbons (Fsp3) is 0.158. The maximum Gasteiger partial charge on any atom is 0.344 e. The lowest BCUT2D eigenvalue weighted by Gasteiger charge is -2.03. The number of benzene rings is 1. The van der Waals surface area contributed by atoms with Gasteiger partial charge in [-0.05, 0) is 18.2 Å². The first-order valence-corrected chi connectivity index (χ1v) is 7.94. The molecule has 0 saturated carbocycles. The highest BCUT2D eigenvalue weighted by Gasteiger charge is 2.18. The van der Waals surface area contributed by atoms with E-state index in [4.69, 9.17) is 10.00 Å². The summed E-state index contributed by atoms with van der Waals surface area (Å²) in [5.74, 6) is -1.23. The number of hydrogen-bond donors (Lipinski definition) is 1. The van der Waals surface area contributed by atoms with Crippen LogP contribution in [0.4, 0.5) is 0 Å². The van der Waals surface area contributed by atoms with Crippen molar-refractivity contribution in [1.29, 1.82) is 5.26 Å². The molecule has 0 aliphatic carbocycles. The van der Waals surface area contributed by atoms with Crippen molar-refractivity contribution in [2.75, 3.05) is 6.61 Å². The minimum atomic E-state index is -0.853. The summed E-state index contributed by atoms with van der Waals surface area (Å²) in [5, 5.41) is 9.50. The first-order valence-electron chi connectivity index (χ1n) is 7.94. The minimum absolute atomic E-state index is 0.156. The Kier molecular flexibility index (Phi) is 4.94. The molecular weight excluding hydrogens is 334 g/mol. The van der Waals surface area contributed by atoms with Crippen LogP contribution in [-0.4, -0.2) is 27.9 Å². The largest absolute Gasteiger partial charge is 0.454 e. The summed E-state index contributed by atoms with van der Waals surface area (Å²) >= 11 is 0. The summed E-state index contributed by atoms with van der Waals surface area (Å²) in [7, 11) is 0. The van der Waals surface area contributed by atoms with Crippen LogP contribution in [-0.2, 0) is 11.3 Å². The number of rotatable bonds is 6. The maximum absolute atomic E-state index is 12.5. The number of carbonyl (C=O) groups is 2. The van der Waals surface area contributed by atoms with Crippen molar-refractivity contribution in [1.82, 2.24) is 9.55 Å². The van der Waals surface area contributed by atoms with Crippen LogP contribution in [0.3, 0.4) is 0 Å². The van der Waals surface area contributed by atoms with Gasteiger partial charge in [-0.1, -0.05) is 18.2 Å². The van der Waals surface area contributed by atoms with Crippen LogP contribution in [0.2, 0.25) is 0 Å². The van der Waals surface area contributed by atoms with E-state index in [1.54, 1.807) is 12.3 Å². The number of para-hydroxylation sites is 1. The van der Waals surface area contributed by atoms with Crippen molar-refractivity contribution in [3.63, 3.8) is 0 Å². The number of carbonyl (C=O) groups excluding carboxylic acids is 2. The van der Waals surface area contributed by atoms with E-state index in [1.807, 2.05) is 22.8 Å². The second kappa shape index (κ2) is 7.49. The van der Waals surface area contributed by atoms with E-state index in [0.29, 0.717) is 18.5 Å². The Morgan fingerprint density at radius 2 is 1.96 bits per heavy atom. The number of hydrogen-bond acceptors (Lipinski definition) is 5. The average molecular weight is 349 g/mol. The van der Waals surface area contributed by atoms with Crippen LogP contribution < -0.4 is 5.56 Å². The van der Waals surface area contributed by atoms with Crippen LogP contribution in [0.5, 0.6) is 0 Å². The molecule has 7 nitrogen and oxygen atoms in total. The predicted molar refractivity (Wildman–Crippen MR) is 93.8 cm³/mol. The van der Waals surface area contributed by atoms with E-state index >= 15 is 0 Å². The van der Waals surface area contributed by atoms with Crippen molar-refractivity contribution in [3.8, 4) is 6.07 Å². The molecule has 0 amide bonds. The van der Waals surface area contributed by atoms with Crippen LogP contribution in [0.15, 0.2) is 53.6 Å². The fourth-order valence-corrected chi connectivity index (χ4v) is 2.69. The standard InChI is InChI=1S/C19H15N3O4/c20-8-4-10-22-11-15(13-5-1-2-7-16(13)22)17(23)12-26-19(25)14-6-3-9-21-18(14)24/h1-3,5-7,9,11H,4,10,12H2,(H,21,24). The number of ether oxygens (including phenoxy) is 1. The molecule has 2 aromatic heterocycles. The second-order valence-corrected chi connectivity index (χ2v) is 5.57. The van der Waals surface area contributed by atoms with Gasteiger partial charge in [-0.2, -0.15) is 5.26 Å². The van der Waals surface area contributed by atoms with Crippen molar-refractivity contribution in [3.05, 3.63) is 70.3 Å². The fourth-order valence-electron chi connectivity index (χ4n) is 2.69. The maximum atomic E-state index is 12.5. The lowest BCUT2D eigenvalue weighted by atomic mass is 10.1. The number of nitrogens with zero attached hydrogens (tertiary/aromatic N) is 2. The zero-order valence-corrected chi connectivity index (χ0v) is 13.8.